The molecule has 0 radical (unpaired) electrons. The van der Waals surface area contributed by atoms with Gasteiger partial charge in [0, 0.05) is 19.1 Å². The van der Waals surface area contributed by atoms with Crippen molar-refractivity contribution in [3.63, 3.8) is 0 Å². The summed E-state index contributed by atoms with van der Waals surface area (Å²) in [7, 11) is -3.14. The number of hydrogen-bond donors (Lipinski definition) is 1. The highest BCUT2D eigenvalue weighted by Gasteiger charge is 2.25. The molecule has 0 unspecified atom stereocenters. The van der Waals surface area contributed by atoms with Gasteiger partial charge in [-0.3, -0.25) is 4.79 Å². The van der Waals surface area contributed by atoms with Crippen molar-refractivity contribution in [3.8, 4) is 5.75 Å². The summed E-state index contributed by atoms with van der Waals surface area (Å²) in [5.74, 6) is 2.93. The quantitative estimate of drug-likeness (QED) is 0.747. The number of nitrogens with zero attached hydrogens (tertiary/aromatic N) is 1. The third-order valence-corrected chi connectivity index (χ3v) is 8.96. The largest absolute Gasteiger partial charge is 0.484 e. The number of nitrogens with one attached hydrogen (secondary N) is 1. The van der Waals surface area contributed by atoms with Gasteiger partial charge in [0.1, 0.15) is 5.75 Å². The number of hydrogen-bond acceptors (Lipinski definition) is 6. The second-order valence-corrected chi connectivity index (χ2v) is 11.5. The molecule has 3 rings (SSSR count). The first-order valence-corrected chi connectivity index (χ1v) is 13.1. The predicted octanol–water partition coefficient (Wildman–Crippen LogP) is 2.47. The molecular weight excluding hydrogens is 404 g/mol. The lowest BCUT2D eigenvalue weighted by atomic mass is 10.1. The Kier molecular flexibility index (Phi) is 7.35. The van der Waals surface area contributed by atoms with Crippen LogP contribution in [0, 0.1) is 0 Å². The minimum Gasteiger partial charge on any atom is -0.484 e. The van der Waals surface area contributed by atoms with Crippen molar-refractivity contribution >= 4 is 39.5 Å². The number of carbonyl (C=O) groups is 1. The van der Waals surface area contributed by atoms with Crippen LogP contribution in [0.25, 0.3) is 0 Å². The van der Waals surface area contributed by atoms with Crippen molar-refractivity contribution in [2.75, 3.05) is 37.5 Å². The van der Waals surface area contributed by atoms with Crippen molar-refractivity contribution in [1.29, 1.82) is 0 Å². The molecule has 2 aliphatic rings. The number of sulfonamides is 1. The zero-order valence-corrected chi connectivity index (χ0v) is 17.9. The summed E-state index contributed by atoms with van der Waals surface area (Å²) in [6.07, 6.45) is 3.75. The molecule has 27 heavy (non-hydrogen) atoms. The van der Waals surface area contributed by atoms with E-state index in [9.17, 15) is 13.2 Å². The van der Waals surface area contributed by atoms with Gasteiger partial charge in [-0.1, -0.05) is 12.1 Å². The first-order valence-electron chi connectivity index (χ1n) is 9.12. The van der Waals surface area contributed by atoms with Crippen LogP contribution in [0.3, 0.4) is 0 Å². The average molecular weight is 431 g/mol. The van der Waals surface area contributed by atoms with Gasteiger partial charge in [-0.25, -0.2) is 12.7 Å². The Bertz CT molecular complexity index is 725. The Morgan fingerprint density at radius 2 is 1.81 bits per heavy atom. The molecule has 0 saturated carbocycles. The van der Waals surface area contributed by atoms with Gasteiger partial charge in [0.05, 0.1) is 10.8 Å². The first kappa shape index (κ1) is 20.8. The fraction of sp³-hybridized carbons (Fsp3) is 0.611. The van der Waals surface area contributed by atoms with E-state index in [1.807, 2.05) is 35.7 Å². The molecule has 1 aromatic rings. The van der Waals surface area contributed by atoms with Crippen LogP contribution >= 0.6 is 23.5 Å². The molecule has 150 valence electrons. The maximum atomic E-state index is 12.1. The van der Waals surface area contributed by atoms with Gasteiger partial charge in [-0.15, -0.1) is 23.5 Å². The lowest BCUT2D eigenvalue weighted by Gasteiger charge is -2.30. The maximum Gasteiger partial charge on any atom is 0.258 e. The van der Waals surface area contributed by atoms with Crippen LogP contribution in [-0.2, 0) is 14.8 Å². The minimum absolute atomic E-state index is 0.00169. The van der Waals surface area contributed by atoms with Gasteiger partial charge in [0.15, 0.2) is 6.61 Å². The van der Waals surface area contributed by atoms with E-state index in [0.29, 0.717) is 36.3 Å². The Morgan fingerprint density at radius 3 is 2.41 bits per heavy atom. The Hall–Kier alpha value is -0.900. The summed E-state index contributed by atoms with van der Waals surface area (Å²) in [5, 5.41) is 2.93. The van der Waals surface area contributed by atoms with Crippen LogP contribution in [0.2, 0.25) is 0 Å². The molecule has 0 atom stereocenters. The third kappa shape index (κ3) is 6.30. The molecular formula is C18H26N2O4S3. The minimum atomic E-state index is -3.14. The smallest absolute Gasteiger partial charge is 0.258 e. The molecule has 1 aromatic carbocycles. The zero-order chi connectivity index (χ0) is 19.3. The van der Waals surface area contributed by atoms with E-state index in [2.05, 4.69) is 17.4 Å². The molecule has 2 aliphatic heterocycles. The summed E-state index contributed by atoms with van der Waals surface area (Å²) in [6.45, 7) is 0.866. The number of rotatable bonds is 6. The molecule has 9 heteroatoms. The number of carbonyl (C=O) groups excluding carboxylic acids is 1. The van der Waals surface area contributed by atoms with Crippen LogP contribution in [0.1, 0.15) is 29.4 Å². The summed E-state index contributed by atoms with van der Waals surface area (Å²) in [5.41, 5.74) is 1.29. The van der Waals surface area contributed by atoms with E-state index in [1.54, 1.807) is 0 Å². The molecule has 1 amide bonds. The summed E-state index contributed by atoms with van der Waals surface area (Å²) in [6, 6.07) is 7.99. The monoisotopic (exact) mass is 430 g/mol. The first-order chi connectivity index (χ1) is 12.9. The van der Waals surface area contributed by atoms with Gasteiger partial charge in [0.25, 0.3) is 5.91 Å². The zero-order valence-electron chi connectivity index (χ0n) is 15.4. The lowest BCUT2D eigenvalue weighted by Crippen LogP contribution is -2.47. The van der Waals surface area contributed by atoms with E-state index in [1.165, 1.54) is 34.1 Å². The molecule has 2 saturated heterocycles. The molecule has 0 spiro atoms. The Morgan fingerprint density at radius 1 is 1.19 bits per heavy atom. The Balaban J connectivity index is 1.40. The van der Waals surface area contributed by atoms with E-state index < -0.39 is 10.0 Å². The van der Waals surface area contributed by atoms with Crippen molar-refractivity contribution in [3.05, 3.63) is 29.8 Å². The van der Waals surface area contributed by atoms with Crippen LogP contribution in [-0.4, -0.2) is 62.1 Å². The molecule has 2 fully saturated rings. The standard InChI is InChI=1S/C18H26N2O4S3/c1-27(22,23)20-9-7-15(8-10-20)19-17(21)13-24-16-5-3-14(4-6-16)18-25-11-2-12-26-18/h3-6,15,18H,2,7-13H2,1H3,(H,19,21). The molecule has 0 bridgehead atoms. The summed E-state index contributed by atoms with van der Waals surface area (Å²) < 4.78 is 30.6. The number of amides is 1. The molecule has 0 aliphatic carbocycles. The second kappa shape index (κ2) is 9.54. The summed E-state index contributed by atoms with van der Waals surface area (Å²) in [4.78, 5) is 12.1. The highest BCUT2D eigenvalue weighted by molar-refractivity contribution is 8.16. The van der Waals surface area contributed by atoms with Crippen molar-refractivity contribution < 1.29 is 17.9 Å². The van der Waals surface area contributed by atoms with Gasteiger partial charge in [-0.2, -0.15) is 0 Å². The second-order valence-electron chi connectivity index (χ2n) is 6.79. The molecule has 0 aromatic heterocycles. The Labute approximate surface area is 169 Å². The number of thioether (sulfide) groups is 2. The van der Waals surface area contributed by atoms with Crippen LogP contribution in [0.15, 0.2) is 24.3 Å². The number of benzene rings is 1. The van der Waals surface area contributed by atoms with Gasteiger partial charge < -0.3 is 10.1 Å². The van der Waals surface area contributed by atoms with E-state index in [4.69, 9.17) is 4.74 Å². The fourth-order valence-corrected chi connectivity index (χ4v) is 6.92. The van der Waals surface area contributed by atoms with Gasteiger partial charge >= 0.3 is 0 Å². The summed E-state index contributed by atoms with van der Waals surface area (Å²) >= 11 is 3.96. The van der Waals surface area contributed by atoms with Crippen LogP contribution in [0.4, 0.5) is 0 Å². The van der Waals surface area contributed by atoms with Crippen molar-refractivity contribution in [1.82, 2.24) is 9.62 Å². The van der Waals surface area contributed by atoms with Gasteiger partial charge in [-0.05, 0) is 48.5 Å². The number of piperidine rings is 1. The van der Waals surface area contributed by atoms with E-state index in [0.717, 1.165) is 0 Å². The highest BCUT2D eigenvalue weighted by atomic mass is 32.2. The topological polar surface area (TPSA) is 75.7 Å². The van der Waals surface area contributed by atoms with Crippen LogP contribution < -0.4 is 10.1 Å². The van der Waals surface area contributed by atoms with E-state index in [-0.39, 0.29) is 18.6 Å². The number of ether oxygens (including phenoxy) is 1. The van der Waals surface area contributed by atoms with Gasteiger partial charge in [0.2, 0.25) is 10.0 Å². The van der Waals surface area contributed by atoms with E-state index >= 15 is 0 Å². The normalized spacial score (nSPS) is 20.3. The average Bonchev–Trinajstić information content (AvgIpc) is 2.67. The molecule has 1 N–H and O–H groups in total. The highest BCUT2D eigenvalue weighted by Crippen LogP contribution is 2.43. The van der Waals surface area contributed by atoms with Crippen LogP contribution in [0.5, 0.6) is 5.75 Å². The van der Waals surface area contributed by atoms with Crippen molar-refractivity contribution in [2.24, 2.45) is 0 Å². The van der Waals surface area contributed by atoms with Crippen molar-refractivity contribution in [2.45, 2.75) is 29.9 Å². The third-order valence-electron chi connectivity index (χ3n) is 4.64. The maximum absolute atomic E-state index is 12.1. The lowest BCUT2D eigenvalue weighted by molar-refractivity contribution is -0.124. The molecule has 2 heterocycles. The molecule has 6 nitrogen and oxygen atoms in total. The predicted molar refractivity (Wildman–Crippen MR) is 112 cm³/mol. The fourth-order valence-electron chi connectivity index (χ4n) is 3.15. The SMILES string of the molecule is CS(=O)(=O)N1CCC(NC(=O)COc2ccc(C3SCCCS3)cc2)CC1.